The third-order valence-electron chi connectivity index (χ3n) is 4.17. The molecule has 0 aliphatic carbocycles. The molecule has 29 heavy (non-hydrogen) atoms. The number of rotatable bonds is 9. The number of hydrogen-bond donors (Lipinski definition) is 1. The number of aromatic nitrogens is 4. The summed E-state index contributed by atoms with van der Waals surface area (Å²) < 4.78 is 16.2. The van der Waals surface area contributed by atoms with Crippen LogP contribution in [0.5, 0.6) is 17.2 Å². The predicted octanol–water partition coefficient (Wildman–Crippen LogP) is 2.15. The molecule has 0 spiro atoms. The van der Waals surface area contributed by atoms with Crippen molar-refractivity contribution in [2.45, 2.75) is 26.1 Å². The van der Waals surface area contributed by atoms with Gasteiger partial charge in [0.2, 0.25) is 11.7 Å². The Morgan fingerprint density at radius 1 is 1.10 bits per heavy atom. The molecule has 0 fully saturated rings. The molecule has 1 unspecified atom stereocenters. The lowest BCUT2D eigenvalue weighted by Crippen LogP contribution is -2.31. The summed E-state index contributed by atoms with van der Waals surface area (Å²) in [6.45, 7) is 1.97. The lowest BCUT2D eigenvalue weighted by molar-refractivity contribution is -0.122. The average molecular weight is 397 g/mol. The van der Waals surface area contributed by atoms with E-state index in [2.05, 4.69) is 20.7 Å². The Kier molecular flexibility index (Phi) is 6.62. The van der Waals surface area contributed by atoms with Crippen molar-refractivity contribution in [2.24, 2.45) is 0 Å². The van der Waals surface area contributed by atoms with Crippen LogP contribution in [-0.4, -0.2) is 40.3 Å². The highest BCUT2D eigenvalue weighted by Crippen LogP contribution is 2.29. The molecule has 9 heteroatoms. The van der Waals surface area contributed by atoms with E-state index in [1.54, 1.807) is 26.4 Å². The summed E-state index contributed by atoms with van der Waals surface area (Å²) in [6, 6.07) is 14.5. The molecule has 3 aromatic rings. The highest BCUT2D eigenvalue weighted by Gasteiger charge is 2.16. The first-order valence-corrected chi connectivity index (χ1v) is 9.05. The van der Waals surface area contributed by atoms with Gasteiger partial charge < -0.3 is 19.5 Å². The van der Waals surface area contributed by atoms with Crippen molar-refractivity contribution in [1.29, 1.82) is 0 Å². The average Bonchev–Trinajstić information content (AvgIpc) is 3.19. The molecule has 152 valence electrons. The van der Waals surface area contributed by atoms with Gasteiger partial charge in [0.25, 0.3) is 0 Å². The van der Waals surface area contributed by atoms with Crippen LogP contribution in [0.25, 0.3) is 0 Å². The van der Waals surface area contributed by atoms with Crippen LogP contribution < -0.4 is 19.5 Å². The van der Waals surface area contributed by atoms with Gasteiger partial charge >= 0.3 is 0 Å². The van der Waals surface area contributed by atoms with Crippen LogP contribution in [0.1, 0.15) is 24.4 Å². The molecular weight excluding hydrogens is 374 g/mol. The van der Waals surface area contributed by atoms with E-state index in [-0.39, 0.29) is 25.1 Å². The zero-order valence-corrected chi connectivity index (χ0v) is 16.5. The van der Waals surface area contributed by atoms with Gasteiger partial charge in [0.1, 0.15) is 23.8 Å². The molecule has 0 saturated carbocycles. The predicted molar refractivity (Wildman–Crippen MR) is 105 cm³/mol. The first-order valence-electron chi connectivity index (χ1n) is 9.05. The molecule has 0 aliphatic rings. The lowest BCUT2D eigenvalue weighted by Gasteiger charge is -2.18. The van der Waals surface area contributed by atoms with Gasteiger partial charge in [-0.25, -0.2) is 0 Å². The summed E-state index contributed by atoms with van der Waals surface area (Å²) in [5.74, 6) is 2.20. The van der Waals surface area contributed by atoms with Crippen LogP contribution in [-0.2, 0) is 17.9 Å². The molecule has 1 atom stereocenters. The van der Waals surface area contributed by atoms with Crippen molar-refractivity contribution in [2.75, 3.05) is 14.2 Å². The zero-order valence-electron chi connectivity index (χ0n) is 16.5. The van der Waals surface area contributed by atoms with Gasteiger partial charge in [-0.1, -0.05) is 18.2 Å². The normalized spacial score (nSPS) is 11.6. The van der Waals surface area contributed by atoms with Crippen LogP contribution in [0.2, 0.25) is 0 Å². The van der Waals surface area contributed by atoms with Crippen LogP contribution in [0, 0.1) is 0 Å². The van der Waals surface area contributed by atoms with E-state index in [1.165, 1.54) is 4.80 Å². The number of para-hydroxylation sites is 1. The topological polar surface area (TPSA) is 100 Å². The Balaban J connectivity index is 1.56. The Labute approximate surface area is 168 Å². The molecule has 0 saturated heterocycles. The van der Waals surface area contributed by atoms with Crippen molar-refractivity contribution >= 4 is 5.91 Å². The molecule has 0 aliphatic heterocycles. The summed E-state index contributed by atoms with van der Waals surface area (Å²) in [5, 5.41) is 14.9. The number of carbonyl (C=O) groups is 1. The van der Waals surface area contributed by atoms with Gasteiger partial charge in [0.15, 0.2) is 6.61 Å². The number of nitrogens with zero attached hydrogens (tertiary/aromatic N) is 4. The SMILES string of the molecule is COc1ccc(OC)c(C(C)NC(=O)Cn2nnc(COc3ccccc3)n2)c1. The maximum Gasteiger partial charge on any atom is 0.244 e. The summed E-state index contributed by atoms with van der Waals surface area (Å²) >= 11 is 0. The molecule has 1 N–H and O–H groups in total. The van der Waals surface area contributed by atoms with E-state index in [1.807, 2.05) is 43.3 Å². The van der Waals surface area contributed by atoms with Crippen molar-refractivity contribution < 1.29 is 19.0 Å². The van der Waals surface area contributed by atoms with E-state index in [0.29, 0.717) is 23.1 Å². The van der Waals surface area contributed by atoms with Gasteiger partial charge in [-0.05, 0) is 42.5 Å². The number of ether oxygens (including phenoxy) is 3. The molecule has 0 radical (unpaired) electrons. The number of hydrogen-bond acceptors (Lipinski definition) is 7. The standard InChI is InChI=1S/C20H23N5O4/c1-14(17-11-16(27-2)9-10-18(17)28-3)21-20(26)12-25-23-19(22-24-25)13-29-15-7-5-4-6-8-15/h4-11,14H,12-13H2,1-3H3,(H,21,26). The van der Waals surface area contributed by atoms with Crippen molar-refractivity contribution in [1.82, 2.24) is 25.5 Å². The van der Waals surface area contributed by atoms with E-state index < -0.39 is 0 Å². The lowest BCUT2D eigenvalue weighted by atomic mass is 10.1. The second-order valence-corrected chi connectivity index (χ2v) is 6.23. The quantitative estimate of drug-likeness (QED) is 0.590. The highest BCUT2D eigenvalue weighted by molar-refractivity contribution is 5.76. The number of tetrazole rings is 1. The van der Waals surface area contributed by atoms with E-state index in [9.17, 15) is 4.79 Å². The molecular formula is C20H23N5O4. The molecule has 1 aromatic heterocycles. The summed E-state index contributed by atoms with van der Waals surface area (Å²) in [6.07, 6.45) is 0. The number of carbonyl (C=O) groups excluding carboxylic acids is 1. The zero-order chi connectivity index (χ0) is 20.6. The summed E-state index contributed by atoms with van der Waals surface area (Å²) in [4.78, 5) is 13.6. The van der Waals surface area contributed by atoms with Crippen molar-refractivity contribution in [3.05, 3.63) is 59.9 Å². The fraction of sp³-hybridized carbons (Fsp3) is 0.300. The Morgan fingerprint density at radius 3 is 2.62 bits per heavy atom. The van der Waals surface area contributed by atoms with Crippen LogP contribution in [0.3, 0.4) is 0 Å². The van der Waals surface area contributed by atoms with Gasteiger partial charge in [0, 0.05) is 5.56 Å². The first kappa shape index (κ1) is 20.1. The van der Waals surface area contributed by atoms with E-state index >= 15 is 0 Å². The smallest absolute Gasteiger partial charge is 0.244 e. The van der Waals surface area contributed by atoms with Crippen LogP contribution in [0.4, 0.5) is 0 Å². The fourth-order valence-corrected chi connectivity index (χ4v) is 2.74. The van der Waals surface area contributed by atoms with Gasteiger partial charge in [-0.2, -0.15) is 4.80 Å². The molecule has 1 heterocycles. The minimum atomic E-state index is -0.294. The fourth-order valence-electron chi connectivity index (χ4n) is 2.74. The summed E-state index contributed by atoms with van der Waals surface area (Å²) in [7, 11) is 3.17. The Hall–Kier alpha value is -3.62. The van der Waals surface area contributed by atoms with E-state index in [0.717, 1.165) is 5.56 Å². The Bertz CT molecular complexity index is 945. The third-order valence-corrected chi connectivity index (χ3v) is 4.17. The number of methoxy groups -OCH3 is 2. The maximum atomic E-state index is 12.4. The number of nitrogens with one attached hydrogen (secondary N) is 1. The molecule has 0 bridgehead atoms. The monoisotopic (exact) mass is 397 g/mol. The highest BCUT2D eigenvalue weighted by atomic mass is 16.5. The minimum absolute atomic E-state index is 0.0606. The van der Waals surface area contributed by atoms with Gasteiger partial charge in [-0.3, -0.25) is 4.79 Å². The van der Waals surface area contributed by atoms with E-state index in [4.69, 9.17) is 14.2 Å². The minimum Gasteiger partial charge on any atom is -0.497 e. The molecule has 2 aromatic carbocycles. The maximum absolute atomic E-state index is 12.4. The molecule has 1 amide bonds. The largest absolute Gasteiger partial charge is 0.497 e. The number of benzene rings is 2. The molecule has 9 nitrogen and oxygen atoms in total. The first-order chi connectivity index (χ1) is 14.1. The van der Waals surface area contributed by atoms with Crippen molar-refractivity contribution in [3.8, 4) is 17.2 Å². The second kappa shape index (κ2) is 9.54. The third kappa shape index (κ3) is 5.44. The van der Waals surface area contributed by atoms with Crippen LogP contribution >= 0.6 is 0 Å². The number of amides is 1. The van der Waals surface area contributed by atoms with Gasteiger partial charge in [0.05, 0.1) is 20.3 Å². The molecule has 3 rings (SSSR count). The second-order valence-electron chi connectivity index (χ2n) is 6.23. The summed E-state index contributed by atoms with van der Waals surface area (Å²) in [5.41, 5.74) is 0.809. The van der Waals surface area contributed by atoms with Crippen LogP contribution in [0.15, 0.2) is 48.5 Å². The van der Waals surface area contributed by atoms with Crippen molar-refractivity contribution in [3.63, 3.8) is 0 Å². The van der Waals surface area contributed by atoms with Gasteiger partial charge in [-0.15, -0.1) is 10.2 Å². The Morgan fingerprint density at radius 2 is 1.90 bits per heavy atom.